The van der Waals surface area contributed by atoms with E-state index in [4.69, 9.17) is 9.47 Å². The average molecular weight is 251 g/mol. The third-order valence-electron chi connectivity index (χ3n) is 3.00. The van der Waals surface area contributed by atoms with Crippen LogP contribution in [0.3, 0.4) is 0 Å². The summed E-state index contributed by atoms with van der Waals surface area (Å²) in [5.41, 5.74) is -0.0374. The maximum atomic E-state index is 10.7. The van der Waals surface area contributed by atoms with E-state index >= 15 is 0 Å². The summed E-state index contributed by atoms with van der Waals surface area (Å²) >= 11 is 0. The lowest BCUT2D eigenvalue weighted by Crippen LogP contribution is -2.30. The molecule has 0 amide bonds. The summed E-state index contributed by atoms with van der Waals surface area (Å²) in [5.74, 6) is 0.625. The van der Waals surface area contributed by atoms with E-state index in [0.717, 1.165) is 0 Å². The van der Waals surface area contributed by atoms with Crippen molar-refractivity contribution in [2.45, 2.75) is 31.9 Å². The summed E-state index contributed by atoms with van der Waals surface area (Å²) in [4.78, 5) is 10.3. The smallest absolute Gasteiger partial charge is 0.382 e. The lowest BCUT2D eigenvalue weighted by atomic mass is 9.87. The van der Waals surface area contributed by atoms with Gasteiger partial charge < -0.3 is 4.74 Å². The Morgan fingerprint density at radius 2 is 1.94 bits per heavy atom. The van der Waals surface area contributed by atoms with Crippen LogP contribution in [-0.2, 0) is 10.2 Å². The monoisotopic (exact) mass is 251 g/mol. The lowest BCUT2D eigenvalue weighted by Gasteiger charge is -2.19. The molecule has 0 N–H and O–H groups in total. The predicted octanol–water partition coefficient (Wildman–Crippen LogP) is 2.37. The van der Waals surface area contributed by atoms with Gasteiger partial charge in [0.05, 0.1) is 4.92 Å². The molecule has 0 aromatic heterocycles. The molecule has 1 aromatic carbocycles. The zero-order valence-corrected chi connectivity index (χ0v) is 10.8. The standard InChI is InChI=1S/C13H17NO4/c1-12(2,3)10-4-6-11(7-5-10)17-8-13(9-18-13)14(15)16/h4-7H,8-9H2,1-3H3. The normalized spacial score (nSPS) is 22.6. The molecule has 1 heterocycles. The van der Waals surface area contributed by atoms with Gasteiger partial charge in [-0.25, -0.2) is 0 Å². The van der Waals surface area contributed by atoms with E-state index in [1.807, 2.05) is 24.3 Å². The Labute approximate surface area is 106 Å². The molecular formula is C13H17NO4. The van der Waals surface area contributed by atoms with Crippen LogP contribution in [-0.4, -0.2) is 23.9 Å². The van der Waals surface area contributed by atoms with Crippen molar-refractivity contribution in [2.75, 3.05) is 13.2 Å². The number of nitro groups is 1. The van der Waals surface area contributed by atoms with Crippen molar-refractivity contribution in [2.24, 2.45) is 0 Å². The molecule has 18 heavy (non-hydrogen) atoms. The van der Waals surface area contributed by atoms with Gasteiger partial charge in [0.1, 0.15) is 5.75 Å². The van der Waals surface area contributed by atoms with Gasteiger partial charge in [-0.05, 0) is 23.1 Å². The minimum absolute atomic E-state index is 0.0468. The van der Waals surface area contributed by atoms with Crippen molar-refractivity contribution >= 4 is 0 Å². The maximum absolute atomic E-state index is 10.7. The van der Waals surface area contributed by atoms with Gasteiger partial charge in [0.15, 0.2) is 13.2 Å². The van der Waals surface area contributed by atoms with E-state index in [-0.39, 0.29) is 18.6 Å². The third-order valence-corrected chi connectivity index (χ3v) is 3.00. The fourth-order valence-corrected chi connectivity index (χ4v) is 1.57. The molecular weight excluding hydrogens is 234 g/mol. The highest BCUT2D eigenvalue weighted by molar-refractivity contribution is 5.31. The number of hydrogen-bond donors (Lipinski definition) is 0. The molecule has 1 fully saturated rings. The van der Waals surface area contributed by atoms with Gasteiger partial charge in [0, 0.05) is 0 Å². The molecule has 0 saturated carbocycles. The first kappa shape index (κ1) is 12.8. The van der Waals surface area contributed by atoms with Crippen LogP contribution in [0, 0.1) is 10.1 Å². The summed E-state index contributed by atoms with van der Waals surface area (Å²) in [6.07, 6.45) is 0. The maximum Gasteiger partial charge on any atom is 0.382 e. The molecule has 0 bridgehead atoms. The van der Waals surface area contributed by atoms with Gasteiger partial charge in [0.25, 0.3) is 0 Å². The molecule has 5 nitrogen and oxygen atoms in total. The predicted molar refractivity (Wildman–Crippen MR) is 66.3 cm³/mol. The minimum Gasteiger partial charge on any atom is -0.483 e. The van der Waals surface area contributed by atoms with Crippen LogP contribution in [0.15, 0.2) is 24.3 Å². The Bertz CT molecular complexity index is 443. The van der Waals surface area contributed by atoms with Gasteiger partial charge in [-0.2, -0.15) is 0 Å². The van der Waals surface area contributed by atoms with Crippen molar-refractivity contribution in [1.29, 1.82) is 0 Å². The number of epoxide rings is 1. The molecule has 1 atom stereocenters. The summed E-state index contributed by atoms with van der Waals surface area (Å²) in [7, 11) is 0. The Morgan fingerprint density at radius 3 is 2.33 bits per heavy atom. The van der Waals surface area contributed by atoms with Crippen LogP contribution in [0.4, 0.5) is 0 Å². The van der Waals surface area contributed by atoms with E-state index in [1.54, 1.807) is 0 Å². The zero-order chi connectivity index (χ0) is 13.4. The zero-order valence-electron chi connectivity index (χ0n) is 10.8. The number of hydrogen-bond acceptors (Lipinski definition) is 4. The van der Waals surface area contributed by atoms with Crippen molar-refractivity contribution in [1.82, 2.24) is 0 Å². The molecule has 1 aliphatic heterocycles. The van der Waals surface area contributed by atoms with Crippen LogP contribution in [0.1, 0.15) is 26.3 Å². The fraction of sp³-hybridized carbons (Fsp3) is 0.538. The van der Waals surface area contributed by atoms with E-state index < -0.39 is 10.6 Å². The molecule has 1 aromatic rings. The minimum atomic E-state index is -1.32. The second-order valence-corrected chi connectivity index (χ2v) is 5.56. The molecule has 0 spiro atoms. The molecule has 98 valence electrons. The Hall–Kier alpha value is -1.62. The summed E-state index contributed by atoms with van der Waals surface area (Å²) in [5, 5.41) is 10.7. The van der Waals surface area contributed by atoms with Crippen LogP contribution in [0.25, 0.3) is 0 Å². The van der Waals surface area contributed by atoms with Gasteiger partial charge in [-0.15, -0.1) is 0 Å². The largest absolute Gasteiger partial charge is 0.483 e. The van der Waals surface area contributed by atoms with E-state index in [1.165, 1.54) is 5.56 Å². The molecule has 1 saturated heterocycles. The van der Waals surface area contributed by atoms with E-state index in [0.29, 0.717) is 5.75 Å². The first-order chi connectivity index (χ1) is 8.33. The topological polar surface area (TPSA) is 64.9 Å². The van der Waals surface area contributed by atoms with Crippen LogP contribution >= 0.6 is 0 Å². The molecule has 1 unspecified atom stereocenters. The first-order valence-electron chi connectivity index (χ1n) is 5.85. The molecule has 5 heteroatoms. The van der Waals surface area contributed by atoms with E-state index in [2.05, 4.69) is 20.8 Å². The highest BCUT2D eigenvalue weighted by Gasteiger charge is 2.59. The first-order valence-corrected chi connectivity index (χ1v) is 5.85. The van der Waals surface area contributed by atoms with Gasteiger partial charge in [0.2, 0.25) is 0 Å². The second-order valence-electron chi connectivity index (χ2n) is 5.56. The highest BCUT2D eigenvalue weighted by Crippen LogP contribution is 2.29. The summed E-state index contributed by atoms with van der Waals surface area (Å²) < 4.78 is 10.2. The SMILES string of the molecule is CC(C)(C)c1ccc(OCC2([N+](=O)[O-])CO2)cc1. The Kier molecular flexibility index (Phi) is 3.02. The number of ether oxygens (including phenoxy) is 2. The number of benzene rings is 1. The highest BCUT2D eigenvalue weighted by atomic mass is 16.7. The second kappa shape index (κ2) is 4.24. The summed E-state index contributed by atoms with van der Waals surface area (Å²) in [6, 6.07) is 7.61. The van der Waals surface area contributed by atoms with Crippen LogP contribution < -0.4 is 4.74 Å². The van der Waals surface area contributed by atoms with Gasteiger partial charge >= 0.3 is 5.72 Å². The number of nitrogens with zero attached hydrogens (tertiary/aromatic N) is 1. The summed E-state index contributed by atoms with van der Waals surface area (Å²) in [6.45, 7) is 6.46. The van der Waals surface area contributed by atoms with Gasteiger partial charge in [-0.3, -0.25) is 14.9 Å². The molecule has 0 aliphatic carbocycles. The fourth-order valence-electron chi connectivity index (χ4n) is 1.57. The number of rotatable bonds is 4. The van der Waals surface area contributed by atoms with Crippen LogP contribution in [0.2, 0.25) is 0 Å². The molecule has 1 aliphatic rings. The van der Waals surface area contributed by atoms with Crippen LogP contribution in [0.5, 0.6) is 5.75 Å². The van der Waals surface area contributed by atoms with Crippen molar-refractivity contribution in [3.8, 4) is 5.75 Å². The average Bonchev–Trinajstić information content (AvgIpc) is 3.07. The Balaban J connectivity index is 1.97. The van der Waals surface area contributed by atoms with Crippen molar-refractivity contribution in [3.63, 3.8) is 0 Å². The molecule has 0 radical (unpaired) electrons. The van der Waals surface area contributed by atoms with Crippen molar-refractivity contribution < 1.29 is 14.4 Å². The Morgan fingerprint density at radius 1 is 1.39 bits per heavy atom. The van der Waals surface area contributed by atoms with E-state index in [9.17, 15) is 10.1 Å². The van der Waals surface area contributed by atoms with Crippen molar-refractivity contribution in [3.05, 3.63) is 39.9 Å². The third kappa shape index (κ3) is 2.61. The quantitative estimate of drug-likeness (QED) is 0.468. The molecule has 2 rings (SSSR count). The lowest BCUT2D eigenvalue weighted by molar-refractivity contribution is -0.564. The van der Waals surface area contributed by atoms with Gasteiger partial charge in [-0.1, -0.05) is 32.9 Å².